The maximum absolute atomic E-state index is 9.63. The van der Waals surface area contributed by atoms with Gasteiger partial charge in [0.25, 0.3) is 0 Å². The predicted molar refractivity (Wildman–Crippen MR) is 136 cm³/mol. The van der Waals surface area contributed by atoms with Crippen LogP contribution in [0.1, 0.15) is 57.0 Å². The summed E-state index contributed by atoms with van der Waals surface area (Å²) in [4.78, 5) is 0. The van der Waals surface area contributed by atoms with Crippen molar-refractivity contribution in [3.8, 4) is 6.07 Å². The van der Waals surface area contributed by atoms with E-state index in [1.54, 1.807) is 7.11 Å². The molecule has 1 fully saturated rings. The molecule has 1 aliphatic carbocycles. The number of hydrogen-bond acceptors (Lipinski definition) is 7. The fraction of sp³-hybridized carbons (Fsp3) is 0.500. The summed E-state index contributed by atoms with van der Waals surface area (Å²) in [7, 11) is 1.71. The van der Waals surface area contributed by atoms with E-state index in [9.17, 15) is 5.26 Å². The van der Waals surface area contributed by atoms with Crippen molar-refractivity contribution in [3.05, 3.63) is 58.3 Å². The van der Waals surface area contributed by atoms with Gasteiger partial charge in [-0.25, -0.2) is 0 Å². The van der Waals surface area contributed by atoms with Crippen LogP contribution in [0.3, 0.4) is 0 Å². The summed E-state index contributed by atoms with van der Waals surface area (Å²) in [6.45, 7) is 17.5. The molecule has 7 heteroatoms. The van der Waals surface area contributed by atoms with Crippen LogP contribution in [0.2, 0.25) is 0 Å². The molecule has 0 spiro atoms. The van der Waals surface area contributed by atoms with Crippen molar-refractivity contribution in [2.75, 3.05) is 20.3 Å². The average molecular weight is 469 g/mol. The molecule has 1 saturated carbocycles. The molecular formula is C26H36N4O2S. The van der Waals surface area contributed by atoms with Gasteiger partial charge in [-0.05, 0) is 56.8 Å². The molecule has 0 aliphatic heterocycles. The summed E-state index contributed by atoms with van der Waals surface area (Å²) in [6.07, 6.45) is 8.64. The third-order valence-electron chi connectivity index (χ3n) is 5.50. The molecule has 2 unspecified atom stereocenters. The average Bonchev–Trinajstić information content (AvgIpc) is 3.42. The second kappa shape index (κ2) is 13.2. The van der Waals surface area contributed by atoms with Gasteiger partial charge >= 0.3 is 0 Å². The Balaban J connectivity index is 2.33. The van der Waals surface area contributed by atoms with Gasteiger partial charge in [0.15, 0.2) is 0 Å². The van der Waals surface area contributed by atoms with Gasteiger partial charge in [0.05, 0.1) is 18.8 Å². The number of methoxy groups -OCH3 is 1. The van der Waals surface area contributed by atoms with Crippen LogP contribution in [-0.4, -0.2) is 42.6 Å². The summed E-state index contributed by atoms with van der Waals surface area (Å²) in [5.74, 6) is -0.0805. The second-order valence-electron chi connectivity index (χ2n) is 8.08. The monoisotopic (exact) mass is 468 g/mol. The Kier molecular flexibility index (Phi) is 10.7. The number of nitrogens with one attached hydrogen (secondary N) is 1. The van der Waals surface area contributed by atoms with Crippen LogP contribution >= 0.6 is 11.3 Å². The molecule has 2 rings (SSSR count). The molecule has 0 bridgehead atoms. The highest BCUT2D eigenvalue weighted by atomic mass is 32.1. The van der Waals surface area contributed by atoms with E-state index in [4.69, 9.17) is 9.47 Å². The minimum absolute atomic E-state index is 0.0261. The Morgan fingerprint density at radius 2 is 2.09 bits per heavy atom. The first-order valence-electron chi connectivity index (χ1n) is 11.4. The van der Waals surface area contributed by atoms with Gasteiger partial charge in [-0.1, -0.05) is 49.6 Å². The van der Waals surface area contributed by atoms with Crippen LogP contribution in [0.25, 0.3) is 11.1 Å². The summed E-state index contributed by atoms with van der Waals surface area (Å²) in [6, 6.07) is 2.58. The van der Waals surface area contributed by atoms with E-state index < -0.39 is 5.92 Å². The third-order valence-corrected chi connectivity index (χ3v) is 6.53. The quantitative estimate of drug-likeness (QED) is 0.313. The smallest absolute Gasteiger partial charge is 0.148 e. The van der Waals surface area contributed by atoms with Gasteiger partial charge in [-0.2, -0.15) is 5.26 Å². The largest absolute Gasteiger partial charge is 0.494 e. The van der Waals surface area contributed by atoms with Crippen molar-refractivity contribution in [1.82, 2.24) is 15.5 Å². The van der Waals surface area contributed by atoms with E-state index in [2.05, 4.69) is 47.7 Å². The van der Waals surface area contributed by atoms with Crippen LogP contribution in [-0.2, 0) is 9.47 Å². The number of nitriles is 1. The van der Waals surface area contributed by atoms with Gasteiger partial charge in [0.1, 0.15) is 21.7 Å². The van der Waals surface area contributed by atoms with E-state index in [1.165, 1.54) is 22.5 Å². The lowest BCUT2D eigenvalue weighted by molar-refractivity contribution is 0.136. The Morgan fingerprint density at radius 3 is 2.67 bits per heavy atom. The Morgan fingerprint density at radius 1 is 1.36 bits per heavy atom. The fourth-order valence-electron chi connectivity index (χ4n) is 3.93. The van der Waals surface area contributed by atoms with E-state index in [-0.39, 0.29) is 6.10 Å². The van der Waals surface area contributed by atoms with Crippen molar-refractivity contribution in [2.24, 2.45) is 5.92 Å². The minimum Gasteiger partial charge on any atom is -0.494 e. The number of rotatable bonds is 12. The van der Waals surface area contributed by atoms with Crippen LogP contribution in [0.5, 0.6) is 0 Å². The zero-order chi connectivity index (χ0) is 24.4. The molecule has 2 atom stereocenters. The molecule has 0 amide bonds. The van der Waals surface area contributed by atoms with Crippen LogP contribution in [0, 0.1) is 17.2 Å². The maximum atomic E-state index is 9.63. The van der Waals surface area contributed by atoms with E-state index in [0.717, 1.165) is 47.0 Å². The summed E-state index contributed by atoms with van der Waals surface area (Å²) in [5, 5.41) is 23.8. The van der Waals surface area contributed by atoms with Gasteiger partial charge in [0.2, 0.25) is 0 Å². The molecule has 6 nitrogen and oxygen atoms in total. The molecule has 0 radical (unpaired) electrons. The number of hydrogen-bond donors (Lipinski definition) is 1. The molecule has 178 valence electrons. The highest BCUT2D eigenvalue weighted by Gasteiger charge is 2.27. The zero-order valence-electron chi connectivity index (χ0n) is 20.5. The van der Waals surface area contributed by atoms with Crippen LogP contribution < -0.4 is 5.32 Å². The minimum atomic E-state index is -0.532. The highest BCUT2D eigenvalue weighted by Crippen LogP contribution is 2.39. The molecular weight excluding hydrogens is 432 g/mol. The molecule has 1 aromatic rings. The Labute approximate surface area is 202 Å². The van der Waals surface area contributed by atoms with Crippen LogP contribution in [0.15, 0.2) is 48.3 Å². The number of allylic oxidation sites excluding steroid dienone is 5. The maximum Gasteiger partial charge on any atom is 0.148 e. The highest BCUT2D eigenvalue weighted by molar-refractivity contribution is 7.13. The molecule has 33 heavy (non-hydrogen) atoms. The van der Waals surface area contributed by atoms with Crippen molar-refractivity contribution in [3.63, 3.8) is 0 Å². The van der Waals surface area contributed by atoms with Crippen molar-refractivity contribution < 1.29 is 9.47 Å². The summed E-state index contributed by atoms with van der Waals surface area (Å²) in [5.41, 5.74) is 4.54. The van der Waals surface area contributed by atoms with E-state index in [1.807, 2.05) is 32.9 Å². The fourth-order valence-corrected chi connectivity index (χ4v) is 4.94. The van der Waals surface area contributed by atoms with Crippen molar-refractivity contribution in [1.29, 1.82) is 5.26 Å². The van der Waals surface area contributed by atoms with Gasteiger partial charge in [0, 0.05) is 25.3 Å². The van der Waals surface area contributed by atoms with Gasteiger partial charge in [-0.15, -0.1) is 10.2 Å². The van der Waals surface area contributed by atoms with Crippen molar-refractivity contribution >= 4 is 22.5 Å². The molecule has 1 aliphatic rings. The first kappa shape index (κ1) is 26.7. The molecule has 1 aromatic heterocycles. The predicted octanol–water partition coefficient (Wildman–Crippen LogP) is 5.69. The SMILES string of the molecule is C=C/C(=C1/CCC(NCCOC)C1=CC)c1nnc(/C(=C/C(C#N)C(=C)OC(C)C)CC)s1. The van der Waals surface area contributed by atoms with E-state index >= 15 is 0 Å². The van der Waals surface area contributed by atoms with Crippen molar-refractivity contribution in [2.45, 2.75) is 59.1 Å². The normalized spacial score (nSPS) is 20.1. The number of ether oxygens (including phenoxy) is 2. The zero-order valence-corrected chi connectivity index (χ0v) is 21.3. The first-order valence-corrected chi connectivity index (χ1v) is 12.3. The van der Waals surface area contributed by atoms with Gasteiger partial charge < -0.3 is 14.8 Å². The first-order chi connectivity index (χ1) is 15.9. The lowest BCUT2D eigenvalue weighted by atomic mass is 10.0. The van der Waals surface area contributed by atoms with Crippen LogP contribution in [0.4, 0.5) is 0 Å². The Hall–Kier alpha value is -2.53. The standard InChI is InChI=1S/C26H36N4O2S/c1-8-19(15-20(16-27)18(6)32-17(4)5)25-29-30-26(33-25)22(10-3)23-11-12-24(21(23)9-2)28-13-14-31-7/h9-10,15,17,20,24,28H,3,6,8,11-14H2,1-2,4-5,7H3/b19-15+,21-9?,23-22+. The molecule has 0 aromatic carbocycles. The lowest BCUT2D eigenvalue weighted by Gasteiger charge is -2.15. The molecule has 0 saturated heterocycles. The third kappa shape index (κ3) is 6.97. The number of aromatic nitrogens is 2. The molecule has 1 heterocycles. The lowest BCUT2D eigenvalue weighted by Crippen LogP contribution is -2.30. The summed E-state index contributed by atoms with van der Waals surface area (Å²) < 4.78 is 10.8. The molecule has 1 N–H and O–H groups in total. The second-order valence-corrected chi connectivity index (χ2v) is 9.05. The van der Waals surface area contributed by atoms with E-state index in [0.29, 0.717) is 18.4 Å². The topological polar surface area (TPSA) is 80.1 Å². The summed E-state index contributed by atoms with van der Waals surface area (Å²) >= 11 is 1.53. The number of nitrogens with zero attached hydrogens (tertiary/aromatic N) is 3. The Bertz CT molecular complexity index is 965. The van der Waals surface area contributed by atoms with Gasteiger partial charge in [-0.3, -0.25) is 0 Å².